The third-order valence-electron chi connectivity index (χ3n) is 6.31. The van der Waals surface area contributed by atoms with E-state index in [0.29, 0.717) is 12.8 Å². The van der Waals surface area contributed by atoms with Gasteiger partial charge in [-0.3, -0.25) is 4.79 Å². The van der Waals surface area contributed by atoms with Crippen molar-refractivity contribution in [1.82, 2.24) is 0 Å². The number of carbonyl (C=O) groups is 1. The molecule has 0 aromatic rings. The highest BCUT2D eigenvalue weighted by Crippen LogP contribution is 2.39. The summed E-state index contributed by atoms with van der Waals surface area (Å²) in [4.78, 5) is 13.6. The smallest absolute Gasteiger partial charge is 0.204 e. The monoisotopic (exact) mass is 418 g/mol. The highest BCUT2D eigenvalue weighted by molar-refractivity contribution is 5.99. The maximum absolute atomic E-state index is 13.6. The van der Waals surface area contributed by atoms with Crippen molar-refractivity contribution in [2.24, 2.45) is 11.8 Å². The Bertz CT molecular complexity index is 596. The molecule has 0 amide bonds. The number of carbonyl (C=O) groups excluding carboxylic acids is 1. The van der Waals surface area contributed by atoms with Crippen LogP contribution < -0.4 is 0 Å². The third kappa shape index (κ3) is 6.24. The topological polar surface area (TPSA) is 98.0 Å². The molecule has 0 heterocycles. The van der Waals surface area contributed by atoms with Crippen LogP contribution in [-0.2, 0) is 4.79 Å². The van der Waals surface area contributed by atoms with Crippen LogP contribution in [0.2, 0.25) is 0 Å². The first-order chi connectivity index (χ1) is 14.5. The Kier molecular flexibility index (Phi) is 10.2. The summed E-state index contributed by atoms with van der Waals surface area (Å²) in [7, 11) is 0. The second kappa shape index (κ2) is 12.4. The van der Waals surface area contributed by atoms with E-state index in [9.17, 15) is 15.0 Å². The molecule has 2 rings (SSSR count). The number of rotatable bonds is 14. The van der Waals surface area contributed by atoms with Gasteiger partial charge >= 0.3 is 0 Å². The van der Waals surface area contributed by atoms with E-state index in [-0.39, 0.29) is 25.0 Å². The molecule has 0 radical (unpaired) electrons. The normalized spacial score (nSPS) is 30.1. The van der Waals surface area contributed by atoms with Crippen molar-refractivity contribution in [2.75, 3.05) is 13.2 Å². The number of ketones is 1. The maximum atomic E-state index is 13.6. The van der Waals surface area contributed by atoms with Crippen LogP contribution in [0.4, 0.5) is 0 Å². The van der Waals surface area contributed by atoms with Crippen LogP contribution in [0, 0.1) is 11.8 Å². The Balaban J connectivity index is 2.07. The van der Waals surface area contributed by atoms with Crippen LogP contribution in [0.3, 0.4) is 0 Å². The predicted octanol–water partition coefficient (Wildman–Crippen LogP) is 3.39. The van der Waals surface area contributed by atoms with Crippen molar-refractivity contribution in [2.45, 2.75) is 75.4 Å². The minimum atomic E-state index is -1.73. The van der Waals surface area contributed by atoms with Crippen molar-refractivity contribution < 1.29 is 25.2 Å². The summed E-state index contributed by atoms with van der Waals surface area (Å²) in [6, 6.07) is 0. The molecule has 2 aliphatic carbocycles. The van der Waals surface area contributed by atoms with Crippen molar-refractivity contribution in [3.05, 3.63) is 48.6 Å². The fraction of sp³-hybridized carbons (Fsp3) is 0.640. The molecule has 0 spiro atoms. The minimum absolute atomic E-state index is 0.183. The summed E-state index contributed by atoms with van der Waals surface area (Å²) in [6.07, 6.45) is 22.0. The Morgan fingerprint density at radius 1 is 0.633 bits per heavy atom. The molecule has 5 heteroatoms. The molecular formula is C25H38O5. The predicted molar refractivity (Wildman–Crippen MR) is 119 cm³/mol. The van der Waals surface area contributed by atoms with Crippen LogP contribution in [-0.4, -0.2) is 50.6 Å². The van der Waals surface area contributed by atoms with E-state index in [0.717, 1.165) is 51.4 Å². The largest absolute Gasteiger partial charge is 0.396 e. The standard InChI is InChI=1S/C25H38O5/c26-19-11-3-1-5-13-21-15-7-9-17-24(21,29)23(28)25(30)18-10-8-16-22(25)14-6-2-4-12-20-27/h7-10,15-18,21-22,26-27,29-30H,1-6,11-14,19-20H2. The van der Waals surface area contributed by atoms with Gasteiger partial charge in [-0.05, 0) is 37.8 Å². The first-order valence-corrected chi connectivity index (χ1v) is 11.4. The third-order valence-corrected chi connectivity index (χ3v) is 6.31. The SMILES string of the molecule is O=C(C1(O)C=CC=CC1CCCCCCO)C1(O)C=CC=CC1CCCCCCO. The highest BCUT2D eigenvalue weighted by Gasteiger charge is 2.52. The van der Waals surface area contributed by atoms with Crippen molar-refractivity contribution in [3.8, 4) is 0 Å². The molecule has 4 atom stereocenters. The van der Waals surface area contributed by atoms with Crippen molar-refractivity contribution in [3.63, 3.8) is 0 Å². The quantitative estimate of drug-likeness (QED) is 0.324. The molecule has 2 aliphatic rings. The van der Waals surface area contributed by atoms with Crippen LogP contribution >= 0.6 is 0 Å². The average molecular weight is 419 g/mol. The molecule has 168 valence electrons. The van der Waals surface area contributed by atoms with Gasteiger partial charge in [0.15, 0.2) is 11.2 Å². The number of unbranched alkanes of at least 4 members (excludes halogenated alkanes) is 6. The lowest BCUT2D eigenvalue weighted by molar-refractivity contribution is -0.155. The second-order valence-electron chi connectivity index (χ2n) is 8.53. The first kappa shape index (κ1) is 24.7. The Labute approximate surface area is 180 Å². The number of aliphatic hydroxyl groups is 4. The van der Waals surface area contributed by atoms with E-state index in [4.69, 9.17) is 10.2 Å². The van der Waals surface area contributed by atoms with Gasteiger partial charge in [0.25, 0.3) is 0 Å². The molecule has 4 N–H and O–H groups in total. The van der Waals surface area contributed by atoms with Crippen LogP contribution in [0.1, 0.15) is 64.2 Å². The molecule has 5 nitrogen and oxygen atoms in total. The van der Waals surface area contributed by atoms with E-state index in [1.54, 1.807) is 12.2 Å². The highest BCUT2D eigenvalue weighted by atomic mass is 16.3. The van der Waals surface area contributed by atoms with E-state index in [2.05, 4.69) is 0 Å². The Morgan fingerprint density at radius 2 is 1.03 bits per heavy atom. The fourth-order valence-electron chi connectivity index (χ4n) is 4.44. The van der Waals surface area contributed by atoms with Gasteiger partial charge in [-0.2, -0.15) is 0 Å². The summed E-state index contributed by atoms with van der Waals surface area (Å²) in [5.41, 5.74) is -3.46. The van der Waals surface area contributed by atoms with Gasteiger partial charge < -0.3 is 20.4 Å². The first-order valence-electron chi connectivity index (χ1n) is 11.4. The van der Waals surface area contributed by atoms with E-state index < -0.39 is 17.0 Å². The summed E-state index contributed by atoms with van der Waals surface area (Å²) in [6.45, 7) is 0.367. The number of hydrogen-bond donors (Lipinski definition) is 4. The van der Waals surface area contributed by atoms with Gasteiger partial charge in [-0.25, -0.2) is 0 Å². The van der Waals surface area contributed by atoms with Crippen LogP contribution in [0.5, 0.6) is 0 Å². The number of allylic oxidation sites excluding steroid dienone is 4. The Morgan fingerprint density at radius 3 is 1.43 bits per heavy atom. The van der Waals surface area contributed by atoms with Crippen molar-refractivity contribution in [1.29, 1.82) is 0 Å². The molecule has 0 aromatic heterocycles. The van der Waals surface area contributed by atoms with Gasteiger partial charge in [0.1, 0.15) is 0 Å². The number of aliphatic hydroxyl groups excluding tert-OH is 2. The Hall–Kier alpha value is -1.53. The lowest BCUT2D eigenvalue weighted by Gasteiger charge is -2.41. The van der Waals surface area contributed by atoms with E-state index in [1.807, 2.05) is 24.3 Å². The van der Waals surface area contributed by atoms with E-state index >= 15 is 0 Å². The minimum Gasteiger partial charge on any atom is -0.396 e. The zero-order valence-corrected chi connectivity index (χ0v) is 18.0. The second-order valence-corrected chi connectivity index (χ2v) is 8.53. The van der Waals surface area contributed by atoms with Gasteiger partial charge in [-0.15, -0.1) is 0 Å². The molecule has 0 bridgehead atoms. The van der Waals surface area contributed by atoms with Gasteiger partial charge in [0.2, 0.25) is 5.78 Å². The zero-order valence-electron chi connectivity index (χ0n) is 18.0. The molecule has 0 saturated heterocycles. The fourth-order valence-corrected chi connectivity index (χ4v) is 4.44. The summed E-state index contributed by atoms with van der Waals surface area (Å²) in [5, 5.41) is 40.6. The summed E-state index contributed by atoms with van der Waals surface area (Å²) in [5.74, 6) is -1.31. The average Bonchev–Trinajstić information content (AvgIpc) is 2.75. The number of hydrogen-bond acceptors (Lipinski definition) is 5. The maximum Gasteiger partial charge on any atom is 0.204 e. The summed E-state index contributed by atoms with van der Waals surface area (Å²) >= 11 is 0. The van der Waals surface area contributed by atoms with Crippen LogP contribution in [0.25, 0.3) is 0 Å². The van der Waals surface area contributed by atoms with Gasteiger partial charge in [0, 0.05) is 25.0 Å². The molecular weight excluding hydrogens is 380 g/mol. The summed E-state index contributed by atoms with van der Waals surface area (Å²) < 4.78 is 0. The molecule has 0 fully saturated rings. The molecule has 0 saturated carbocycles. The van der Waals surface area contributed by atoms with Crippen molar-refractivity contribution >= 4 is 5.78 Å². The van der Waals surface area contributed by atoms with Gasteiger partial charge in [-0.1, -0.05) is 75.0 Å². The molecule has 0 aliphatic heterocycles. The lowest BCUT2D eigenvalue weighted by Crippen LogP contribution is -2.58. The van der Waals surface area contributed by atoms with Crippen LogP contribution in [0.15, 0.2) is 48.6 Å². The molecule has 4 unspecified atom stereocenters. The van der Waals surface area contributed by atoms with E-state index in [1.165, 1.54) is 12.2 Å². The molecule has 30 heavy (non-hydrogen) atoms. The van der Waals surface area contributed by atoms with Gasteiger partial charge in [0.05, 0.1) is 0 Å². The lowest BCUT2D eigenvalue weighted by atomic mass is 9.67. The number of Topliss-reactive ketones (excluding diaryl/α,β-unsaturated/α-hetero) is 1. The molecule has 0 aromatic carbocycles. The zero-order chi connectivity index (χ0) is 21.9.